The fourth-order valence-electron chi connectivity index (χ4n) is 1.12. The average Bonchev–Trinajstić information content (AvgIpc) is 2.08. The van der Waals surface area contributed by atoms with Gasteiger partial charge in [0.1, 0.15) is 5.75 Å². The lowest BCUT2D eigenvalue weighted by atomic mass is 10.2. The van der Waals surface area contributed by atoms with Crippen LogP contribution in [0.5, 0.6) is 5.75 Å². The van der Waals surface area contributed by atoms with Gasteiger partial charge in [0, 0.05) is 17.4 Å². The topological polar surface area (TPSA) is 66.7 Å². The Morgan fingerprint density at radius 2 is 2.00 bits per heavy atom. The Balaban J connectivity index is 2.85. The molecule has 0 fully saturated rings. The number of phenols is 1. The van der Waals surface area contributed by atoms with Crippen molar-refractivity contribution in [1.29, 1.82) is 0 Å². The molecule has 4 nitrogen and oxygen atoms in total. The van der Waals surface area contributed by atoms with Crippen molar-refractivity contribution in [3.8, 4) is 5.75 Å². The van der Waals surface area contributed by atoms with Crippen molar-refractivity contribution < 1.29 is 14.7 Å². The second-order valence-electron chi connectivity index (χ2n) is 2.67. The molecule has 13 heavy (non-hydrogen) atoms. The van der Waals surface area contributed by atoms with Crippen LogP contribution in [0.15, 0.2) is 23.2 Å². The highest BCUT2D eigenvalue weighted by Crippen LogP contribution is 1.99. The standard InChI is InChI=1S/C9H5NO3/c11-6-2-1-5-3-8(12)9(13)10-7(5)4-6/h1-4,11H. The zero-order chi connectivity index (χ0) is 9.42. The number of rotatable bonds is 0. The van der Waals surface area contributed by atoms with Gasteiger partial charge >= 0.3 is 5.91 Å². The number of amides is 1. The molecule has 0 saturated heterocycles. The number of hydrogen-bond donors (Lipinski definition) is 1. The third kappa shape index (κ3) is 1.22. The smallest absolute Gasteiger partial charge is 0.317 e. The predicted molar refractivity (Wildman–Crippen MR) is 43.4 cm³/mol. The molecule has 0 aromatic heterocycles. The van der Waals surface area contributed by atoms with E-state index < -0.39 is 11.7 Å². The SMILES string of the molecule is O=C1C=c2ccc(O)cc2=NC1=O. The maximum absolute atomic E-state index is 10.9. The van der Waals surface area contributed by atoms with E-state index in [2.05, 4.69) is 4.99 Å². The van der Waals surface area contributed by atoms with Crippen molar-refractivity contribution in [3.05, 3.63) is 28.8 Å². The quantitative estimate of drug-likeness (QED) is 0.509. The summed E-state index contributed by atoms with van der Waals surface area (Å²) in [4.78, 5) is 25.2. The van der Waals surface area contributed by atoms with Crippen molar-refractivity contribution in [1.82, 2.24) is 0 Å². The molecular formula is C9H5NO3. The molecule has 4 heteroatoms. The Morgan fingerprint density at radius 3 is 2.77 bits per heavy atom. The van der Waals surface area contributed by atoms with E-state index in [1.165, 1.54) is 18.2 Å². The zero-order valence-corrected chi connectivity index (χ0v) is 6.52. The number of carbonyl (C=O) groups is 2. The van der Waals surface area contributed by atoms with Crippen LogP contribution in [0.25, 0.3) is 6.08 Å². The largest absolute Gasteiger partial charge is 0.508 e. The molecule has 1 aromatic rings. The van der Waals surface area contributed by atoms with Gasteiger partial charge < -0.3 is 5.11 Å². The maximum Gasteiger partial charge on any atom is 0.317 e. The summed E-state index contributed by atoms with van der Waals surface area (Å²) in [6, 6.07) is 4.32. The number of aromatic hydroxyl groups is 1. The molecule has 1 heterocycles. The normalized spacial score (nSPS) is 14.5. The van der Waals surface area contributed by atoms with Gasteiger partial charge in [-0.05, 0) is 12.1 Å². The first-order chi connectivity index (χ1) is 6.16. The average molecular weight is 175 g/mol. The zero-order valence-electron chi connectivity index (χ0n) is 6.52. The molecule has 1 aromatic carbocycles. The van der Waals surface area contributed by atoms with E-state index in [0.717, 1.165) is 0 Å². The van der Waals surface area contributed by atoms with Crippen molar-refractivity contribution >= 4 is 17.8 Å². The van der Waals surface area contributed by atoms with Gasteiger partial charge in [-0.15, -0.1) is 0 Å². The van der Waals surface area contributed by atoms with Crippen LogP contribution in [0.1, 0.15) is 0 Å². The Kier molecular flexibility index (Phi) is 1.48. The molecule has 64 valence electrons. The summed E-state index contributed by atoms with van der Waals surface area (Å²) < 4.78 is 0. The first-order valence-corrected chi connectivity index (χ1v) is 3.64. The van der Waals surface area contributed by atoms with Crippen molar-refractivity contribution in [2.24, 2.45) is 4.99 Å². The minimum Gasteiger partial charge on any atom is -0.508 e. The lowest BCUT2D eigenvalue weighted by Gasteiger charge is -1.97. The fraction of sp³-hybridized carbons (Fsp3) is 0. The van der Waals surface area contributed by atoms with E-state index in [1.807, 2.05) is 0 Å². The molecule has 0 saturated carbocycles. The number of nitrogens with zero attached hydrogens (tertiary/aromatic N) is 1. The summed E-state index contributed by atoms with van der Waals surface area (Å²) in [7, 11) is 0. The van der Waals surface area contributed by atoms with Gasteiger partial charge in [-0.1, -0.05) is 0 Å². The molecular weight excluding hydrogens is 170 g/mol. The van der Waals surface area contributed by atoms with Crippen molar-refractivity contribution in [2.45, 2.75) is 0 Å². The monoisotopic (exact) mass is 175 g/mol. The highest BCUT2D eigenvalue weighted by molar-refractivity contribution is 6.48. The number of fused-ring (bicyclic) bond motifs is 1. The number of benzene rings is 1. The Hall–Kier alpha value is -1.97. The van der Waals surface area contributed by atoms with Gasteiger partial charge in [-0.2, -0.15) is 0 Å². The van der Waals surface area contributed by atoms with Gasteiger partial charge in [0.25, 0.3) is 0 Å². The Bertz CT molecular complexity index is 516. The summed E-state index contributed by atoms with van der Waals surface area (Å²) in [5, 5.41) is 9.97. The lowest BCUT2D eigenvalue weighted by Crippen LogP contribution is -2.33. The van der Waals surface area contributed by atoms with E-state index in [-0.39, 0.29) is 5.75 Å². The molecule has 0 spiro atoms. The molecule has 0 atom stereocenters. The molecule has 1 aliphatic rings. The van der Waals surface area contributed by atoms with Gasteiger partial charge in [0.15, 0.2) is 0 Å². The number of phenolic OH excluding ortho intramolecular Hbond substituents is 1. The van der Waals surface area contributed by atoms with Crippen LogP contribution in [-0.2, 0) is 9.59 Å². The maximum atomic E-state index is 10.9. The minimum absolute atomic E-state index is 0.0260. The van der Waals surface area contributed by atoms with Crippen molar-refractivity contribution in [3.63, 3.8) is 0 Å². The molecule has 2 rings (SSSR count). The Morgan fingerprint density at radius 1 is 1.23 bits per heavy atom. The third-order valence-corrected chi connectivity index (χ3v) is 1.73. The molecule has 0 aliphatic carbocycles. The second-order valence-corrected chi connectivity index (χ2v) is 2.67. The first kappa shape index (κ1) is 7.67. The fourth-order valence-corrected chi connectivity index (χ4v) is 1.12. The van der Waals surface area contributed by atoms with Crippen LogP contribution in [-0.4, -0.2) is 16.8 Å². The lowest BCUT2D eigenvalue weighted by molar-refractivity contribution is -0.132. The third-order valence-electron chi connectivity index (χ3n) is 1.73. The summed E-state index contributed by atoms with van der Waals surface area (Å²) >= 11 is 0. The van der Waals surface area contributed by atoms with Gasteiger partial charge in [0.2, 0.25) is 5.78 Å². The van der Waals surface area contributed by atoms with Crippen LogP contribution < -0.4 is 10.6 Å². The number of carbonyl (C=O) groups excluding carboxylic acids is 2. The molecule has 0 bridgehead atoms. The van der Waals surface area contributed by atoms with E-state index in [4.69, 9.17) is 5.11 Å². The summed E-state index contributed by atoms with van der Waals surface area (Å²) in [5.41, 5.74) is 0. The molecule has 1 aliphatic heterocycles. The van der Waals surface area contributed by atoms with Crippen LogP contribution in [0.4, 0.5) is 0 Å². The Labute approximate surface area is 72.8 Å². The number of ketones is 1. The van der Waals surface area contributed by atoms with Gasteiger partial charge in [-0.3, -0.25) is 9.59 Å². The van der Waals surface area contributed by atoms with Crippen LogP contribution >= 0.6 is 0 Å². The molecule has 0 radical (unpaired) electrons. The summed E-state index contributed by atoms with van der Waals surface area (Å²) in [6.07, 6.45) is 1.21. The number of hydrogen-bond acceptors (Lipinski definition) is 3. The highest BCUT2D eigenvalue weighted by Gasteiger charge is 2.12. The number of Topliss-reactive ketones (excluding diaryl/α,β-unsaturated/α-hetero) is 1. The summed E-state index contributed by atoms with van der Waals surface area (Å²) in [5.74, 6) is -1.39. The van der Waals surface area contributed by atoms with Gasteiger partial charge in [0.05, 0.1) is 5.36 Å². The van der Waals surface area contributed by atoms with Crippen molar-refractivity contribution in [2.75, 3.05) is 0 Å². The van der Waals surface area contributed by atoms with E-state index in [0.29, 0.717) is 10.6 Å². The van der Waals surface area contributed by atoms with Crippen LogP contribution in [0, 0.1) is 0 Å². The van der Waals surface area contributed by atoms with E-state index >= 15 is 0 Å². The second kappa shape index (κ2) is 2.52. The molecule has 1 amide bonds. The molecule has 1 N–H and O–H groups in total. The van der Waals surface area contributed by atoms with Crippen LogP contribution in [0.2, 0.25) is 0 Å². The molecule has 0 unspecified atom stereocenters. The minimum atomic E-state index is -0.793. The highest BCUT2D eigenvalue weighted by atomic mass is 16.3. The summed E-state index contributed by atoms with van der Waals surface area (Å²) in [6.45, 7) is 0. The van der Waals surface area contributed by atoms with E-state index in [9.17, 15) is 9.59 Å². The van der Waals surface area contributed by atoms with E-state index in [1.54, 1.807) is 6.07 Å². The van der Waals surface area contributed by atoms with Crippen LogP contribution in [0.3, 0.4) is 0 Å². The van der Waals surface area contributed by atoms with Gasteiger partial charge in [-0.25, -0.2) is 4.99 Å². The first-order valence-electron chi connectivity index (χ1n) is 3.64. The predicted octanol–water partition coefficient (Wildman–Crippen LogP) is -1.10.